The maximum absolute atomic E-state index is 14.6. The van der Waals surface area contributed by atoms with Gasteiger partial charge in [0.2, 0.25) is 11.8 Å². The normalized spacial score (nSPS) is 14.1. The molecule has 1 atom stereocenters. The van der Waals surface area contributed by atoms with Gasteiger partial charge in [-0.15, -0.1) is 0 Å². The van der Waals surface area contributed by atoms with Crippen molar-refractivity contribution in [2.24, 2.45) is 0 Å². The van der Waals surface area contributed by atoms with Gasteiger partial charge in [0.15, 0.2) is 0 Å². The van der Waals surface area contributed by atoms with E-state index in [0.717, 1.165) is 54.1 Å². The topological polar surface area (TPSA) is 96.0 Å². The molecule has 5 rings (SSSR count). The average Bonchev–Trinajstić information content (AvgIpc) is 3.10. The summed E-state index contributed by atoms with van der Waals surface area (Å²) in [5, 5.41) is 3.65. The van der Waals surface area contributed by atoms with Crippen LogP contribution in [0.15, 0.2) is 108 Å². The Morgan fingerprint density at radius 1 is 0.896 bits per heavy atom. The molecule has 1 saturated carbocycles. The van der Waals surface area contributed by atoms with E-state index in [4.69, 9.17) is 16.3 Å². The Morgan fingerprint density at radius 3 is 2.21 bits per heavy atom. The van der Waals surface area contributed by atoms with Crippen molar-refractivity contribution in [3.05, 3.63) is 125 Å². The van der Waals surface area contributed by atoms with E-state index >= 15 is 0 Å². The zero-order chi connectivity index (χ0) is 34.1. The molecular formula is C37H39ClFN3O5S. The van der Waals surface area contributed by atoms with Crippen LogP contribution in [0.2, 0.25) is 5.02 Å². The number of carbonyl (C=O) groups is 2. The minimum atomic E-state index is -4.34. The van der Waals surface area contributed by atoms with Crippen LogP contribution in [0.5, 0.6) is 5.75 Å². The van der Waals surface area contributed by atoms with E-state index in [1.807, 2.05) is 30.3 Å². The van der Waals surface area contributed by atoms with Crippen molar-refractivity contribution in [2.75, 3.05) is 18.0 Å². The maximum atomic E-state index is 14.6. The van der Waals surface area contributed by atoms with Crippen molar-refractivity contribution in [3.63, 3.8) is 0 Å². The lowest BCUT2D eigenvalue weighted by Crippen LogP contribution is -2.55. The Bertz CT molecular complexity index is 1780. The molecule has 0 bridgehead atoms. The molecule has 4 aromatic carbocycles. The molecule has 0 saturated heterocycles. The number of halogens is 2. The SMILES string of the molecule is COc1ccc(S(=O)(=O)N(CC(=O)N(Cc2cccc(Cl)c2)[C@H](Cc2ccccc2)C(=O)NC2CCCCC2)c2ccc(F)cc2)cc1. The molecule has 8 nitrogen and oxygen atoms in total. The summed E-state index contributed by atoms with van der Waals surface area (Å²) >= 11 is 6.33. The predicted molar refractivity (Wildman–Crippen MR) is 185 cm³/mol. The minimum absolute atomic E-state index is 0.00514. The molecule has 1 aliphatic carbocycles. The molecule has 0 aromatic heterocycles. The van der Waals surface area contributed by atoms with Crippen LogP contribution >= 0.6 is 11.6 Å². The zero-order valence-corrected chi connectivity index (χ0v) is 28.3. The molecule has 0 radical (unpaired) electrons. The molecule has 4 aromatic rings. The minimum Gasteiger partial charge on any atom is -0.497 e. The summed E-state index contributed by atoms with van der Waals surface area (Å²) in [7, 11) is -2.87. The van der Waals surface area contributed by atoms with Crippen LogP contribution in [0.3, 0.4) is 0 Å². The third kappa shape index (κ3) is 8.93. The molecule has 48 heavy (non-hydrogen) atoms. The third-order valence-corrected chi connectivity index (χ3v) is 10.5. The Morgan fingerprint density at radius 2 is 1.56 bits per heavy atom. The summed E-state index contributed by atoms with van der Waals surface area (Å²) in [6.45, 7) is -0.655. The van der Waals surface area contributed by atoms with Gasteiger partial charge in [0.25, 0.3) is 10.0 Å². The Labute approximate surface area is 286 Å². The van der Waals surface area contributed by atoms with Crippen LogP contribution in [-0.4, -0.2) is 50.9 Å². The second-order valence-electron chi connectivity index (χ2n) is 11.9. The third-order valence-electron chi connectivity index (χ3n) is 8.51. The van der Waals surface area contributed by atoms with Gasteiger partial charge in [0.05, 0.1) is 17.7 Å². The monoisotopic (exact) mass is 691 g/mol. The summed E-state index contributed by atoms with van der Waals surface area (Å²) in [5.74, 6) is -1.03. The van der Waals surface area contributed by atoms with Gasteiger partial charge in [-0.2, -0.15) is 0 Å². The lowest BCUT2D eigenvalue weighted by molar-refractivity contribution is -0.140. The number of carbonyl (C=O) groups excluding carboxylic acids is 2. The predicted octanol–water partition coefficient (Wildman–Crippen LogP) is 6.77. The molecular weight excluding hydrogens is 653 g/mol. The molecule has 11 heteroatoms. The highest BCUT2D eigenvalue weighted by Crippen LogP contribution is 2.27. The molecule has 0 unspecified atom stereocenters. The fourth-order valence-electron chi connectivity index (χ4n) is 5.94. The van der Waals surface area contributed by atoms with Gasteiger partial charge in [-0.3, -0.25) is 13.9 Å². The van der Waals surface area contributed by atoms with Crippen molar-refractivity contribution in [3.8, 4) is 5.75 Å². The lowest BCUT2D eigenvalue weighted by Gasteiger charge is -2.35. The Balaban J connectivity index is 1.56. The number of benzene rings is 4. The van der Waals surface area contributed by atoms with Gasteiger partial charge < -0.3 is 15.0 Å². The largest absolute Gasteiger partial charge is 0.497 e. The van der Waals surface area contributed by atoms with Crippen LogP contribution in [0.25, 0.3) is 0 Å². The standard InChI is InChI=1S/C37H39ClFN3O5S/c1-47-33-19-21-34(22-20-33)48(45,46)42(32-17-15-30(39)16-18-32)26-36(43)41(25-28-11-8-12-29(38)23-28)35(24-27-9-4-2-5-10-27)37(44)40-31-13-6-3-7-14-31/h2,4-5,8-12,15-23,31,35H,3,6-7,13-14,24-26H2,1H3,(H,40,44)/t35-/m1/s1. The van der Waals surface area contributed by atoms with Crippen molar-refractivity contribution in [1.82, 2.24) is 10.2 Å². The first kappa shape index (κ1) is 34.9. The van der Waals surface area contributed by atoms with E-state index in [1.54, 1.807) is 24.3 Å². The van der Waals surface area contributed by atoms with Crippen molar-refractivity contribution >= 4 is 39.1 Å². The van der Waals surface area contributed by atoms with Gasteiger partial charge >= 0.3 is 0 Å². The number of sulfonamides is 1. The number of anilines is 1. The van der Waals surface area contributed by atoms with Gasteiger partial charge in [-0.1, -0.05) is 73.3 Å². The number of hydrogen-bond donors (Lipinski definition) is 1. The van der Waals surface area contributed by atoms with Crippen molar-refractivity contribution in [2.45, 2.75) is 62.0 Å². The number of nitrogens with one attached hydrogen (secondary N) is 1. The molecule has 252 valence electrons. The van der Waals surface area contributed by atoms with E-state index in [2.05, 4.69) is 5.32 Å². The maximum Gasteiger partial charge on any atom is 0.264 e. The van der Waals surface area contributed by atoms with Gasteiger partial charge in [0.1, 0.15) is 24.2 Å². The summed E-state index contributed by atoms with van der Waals surface area (Å²) in [5.41, 5.74) is 1.60. The van der Waals surface area contributed by atoms with Gasteiger partial charge in [-0.25, -0.2) is 12.8 Å². The first-order chi connectivity index (χ1) is 23.1. The van der Waals surface area contributed by atoms with Gasteiger partial charge in [-0.05, 0) is 84.6 Å². The highest BCUT2D eigenvalue weighted by molar-refractivity contribution is 7.92. The summed E-state index contributed by atoms with van der Waals surface area (Å²) in [6, 6.07) is 26.1. The van der Waals surface area contributed by atoms with E-state index in [-0.39, 0.29) is 35.5 Å². The van der Waals surface area contributed by atoms with E-state index in [0.29, 0.717) is 16.3 Å². The molecule has 0 spiro atoms. The molecule has 1 N–H and O–H groups in total. The first-order valence-electron chi connectivity index (χ1n) is 15.9. The first-order valence-corrected chi connectivity index (χ1v) is 17.8. The number of nitrogens with zero attached hydrogens (tertiary/aromatic N) is 2. The summed E-state index contributed by atoms with van der Waals surface area (Å²) < 4.78 is 48.5. The quantitative estimate of drug-likeness (QED) is 0.167. The highest BCUT2D eigenvalue weighted by Gasteiger charge is 2.35. The van der Waals surface area contributed by atoms with Gasteiger partial charge in [0, 0.05) is 24.0 Å². The second kappa shape index (κ2) is 16.1. The molecule has 0 heterocycles. The summed E-state index contributed by atoms with van der Waals surface area (Å²) in [4.78, 5) is 30.1. The smallest absolute Gasteiger partial charge is 0.264 e. The Hall–Kier alpha value is -4.41. The number of methoxy groups -OCH3 is 1. The molecule has 2 amide bonds. The van der Waals surface area contributed by atoms with Crippen LogP contribution in [0.4, 0.5) is 10.1 Å². The number of hydrogen-bond acceptors (Lipinski definition) is 5. The average molecular weight is 692 g/mol. The molecule has 1 aliphatic rings. The van der Waals surface area contributed by atoms with E-state index in [9.17, 15) is 22.4 Å². The van der Waals surface area contributed by atoms with Crippen LogP contribution < -0.4 is 14.4 Å². The number of ether oxygens (including phenoxy) is 1. The molecule has 1 fully saturated rings. The Kier molecular flexibility index (Phi) is 11.7. The molecule has 0 aliphatic heterocycles. The number of rotatable bonds is 13. The fraction of sp³-hybridized carbons (Fsp3) is 0.297. The lowest BCUT2D eigenvalue weighted by atomic mass is 9.94. The summed E-state index contributed by atoms with van der Waals surface area (Å²) in [6.07, 6.45) is 5.04. The zero-order valence-electron chi connectivity index (χ0n) is 26.7. The highest BCUT2D eigenvalue weighted by atomic mass is 35.5. The van der Waals surface area contributed by atoms with Crippen molar-refractivity contribution < 1.29 is 27.1 Å². The van der Waals surface area contributed by atoms with E-state index in [1.165, 1.54) is 48.4 Å². The second-order valence-corrected chi connectivity index (χ2v) is 14.2. The fourth-order valence-corrected chi connectivity index (χ4v) is 7.57. The van der Waals surface area contributed by atoms with Crippen LogP contribution in [0.1, 0.15) is 43.2 Å². The van der Waals surface area contributed by atoms with Crippen molar-refractivity contribution in [1.29, 1.82) is 0 Å². The van der Waals surface area contributed by atoms with E-state index < -0.39 is 34.3 Å². The van der Waals surface area contributed by atoms with Crippen LogP contribution in [-0.2, 0) is 32.6 Å². The van der Waals surface area contributed by atoms with Crippen LogP contribution in [0, 0.1) is 5.82 Å². The number of amides is 2.